The van der Waals surface area contributed by atoms with Crippen molar-refractivity contribution in [3.63, 3.8) is 0 Å². The molecule has 258 valence electrons. The second-order valence-electron chi connectivity index (χ2n) is 12.3. The average molecular weight is 664 g/mol. The lowest BCUT2D eigenvalue weighted by atomic mass is 10.0. The normalized spacial score (nSPS) is 19.6. The van der Waals surface area contributed by atoms with Crippen LogP contribution in [0, 0.1) is 11.7 Å². The Balaban J connectivity index is 1.57. The summed E-state index contributed by atoms with van der Waals surface area (Å²) in [4.78, 5) is 43.2. The largest absolute Gasteiger partial charge is 0.490 e. The Bertz CT molecular complexity index is 1510. The van der Waals surface area contributed by atoms with Crippen molar-refractivity contribution in [3.8, 4) is 5.75 Å². The lowest BCUT2D eigenvalue weighted by Gasteiger charge is -2.35. The lowest BCUT2D eigenvalue weighted by Crippen LogP contribution is -2.48. The van der Waals surface area contributed by atoms with Gasteiger partial charge >= 0.3 is 12.1 Å². The summed E-state index contributed by atoms with van der Waals surface area (Å²) in [5, 5.41) is 18.5. The first-order valence-corrected chi connectivity index (χ1v) is 16.3. The Labute approximate surface area is 281 Å². The molecular formula is C36H46FN5O6. The van der Waals surface area contributed by atoms with Crippen molar-refractivity contribution in [1.29, 1.82) is 0 Å². The van der Waals surface area contributed by atoms with Crippen molar-refractivity contribution in [1.82, 2.24) is 9.80 Å². The molecule has 48 heavy (non-hydrogen) atoms. The summed E-state index contributed by atoms with van der Waals surface area (Å²) in [6.45, 7) is 6.24. The van der Waals surface area contributed by atoms with E-state index in [2.05, 4.69) is 16.0 Å². The van der Waals surface area contributed by atoms with Gasteiger partial charge in [0.25, 0.3) is 5.91 Å². The van der Waals surface area contributed by atoms with Crippen LogP contribution >= 0.6 is 0 Å². The first kappa shape index (κ1) is 36.2. The third-order valence-corrected chi connectivity index (χ3v) is 8.24. The van der Waals surface area contributed by atoms with Crippen LogP contribution < -0.4 is 20.7 Å². The molecule has 1 heterocycles. The van der Waals surface area contributed by atoms with Gasteiger partial charge < -0.3 is 40.3 Å². The van der Waals surface area contributed by atoms with Crippen molar-refractivity contribution in [3.05, 3.63) is 84.2 Å². The highest BCUT2D eigenvalue weighted by atomic mass is 19.1. The Kier molecular flexibility index (Phi) is 13.2. The number of fused-ring (bicyclic) bond motifs is 1. The zero-order chi connectivity index (χ0) is 34.6. The van der Waals surface area contributed by atoms with Gasteiger partial charge in [-0.3, -0.25) is 4.79 Å². The summed E-state index contributed by atoms with van der Waals surface area (Å²) in [6, 6.07) is 18.1. The highest BCUT2D eigenvalue weighted by molar-refractivity contribution is 6.02. The van der Waals surface area contributed by atoms with E-state index in [0.29, 0.717) is 35.8 Å². The standard InChI is InChI=1S/C36H46FN5O6/c1-24-21-42(25(2)23-43)34(44)31-20-30(39-35(45)38-28-11-6-5-7-12-28)17-18-32(31)48-26(3)10-8-9-19-47-33(24)22-41(4)36(46)40-29-15-13-27(37)14-16-29/h5-7,11-18,20,24-26,33,43H,8-10,19,21-23H2,1-4H3,(H,40,46)(H2,38,39,45)/t24-,25+,26+,33+/m0/s1. The lowest BCUT2D eigenvalue weighted by molar-refractivity contribution is -0.0115. The minimum Gasteiger partial charge on any atom is -0.490 e. The zero-order valence-corrected chi connectivity index (χ0v) is 27.9. The van der Waals surface area contributed by atoms with Crippen molar-refractivity contribution in [2.75, 3.05) is 49.3 Å². The van der Waals surface area contributed by atoms with Crippen molar-refractivity contribution >= 4 is 35.0 Å². The number of carbonyl (C=O) groups is 3. The topological polar surface area (TPSA) is 132 Å². The first-order chi connectivity index (χ1) is 23.0. The SMILES string of the molecule is C[C@@H]1CCCCO[C@H](CN(C)C(=O)Nc2ccc(F)cc2)[C@@H](C)CN([C@H](C)CO)C(=O)c2cc(NC(=O)Nc3ccccc3)ccc2O1. The molecule has 0 fully saturated rings. The van der Waals surface area contributed by atoms with Crippen LogP contribution in [-0.4, -0.2) is 84.5 Å². The number of rotatable bonds is 7. The van der Waals surface area contributed by atoms with Gasteiger partial charge in [0.1, 0.15) is 11.6 Å². The maximum Gasteiger partial charge on any atom is 0.323 e. The highest BCUT2D eigenvalue weighted by Crippen LogP contribution is 2.29. The van der Waals surface area contributed by atoms with E-state index < -0.39 is 24.0 Å². The van der Waals surface area contributed by atoms with E-state index in [0.717, 1.165) is 12.8 Å². The number of hydrogen-bond donors (Lipinski definition) is 4. The van der Waals surface area contributed by atoms with E-state index >= 15 is 0 Å². The summed E-state index contributed by atoms with van der Waals surface area (Å²) in [5.74, 6) is -0.653. The average Bonchev–Trinajstić information content (AvgIpc) is 3.07. The van der Waals surface area contributed by atoms with Crippen LogP contribution in [0.3, 0.4) is 0 Å². The number of nitrogens with zero attached hydrogens (tertiary/aromatic N) is 2. The molecule has 4 N–H and O–H groups in total. The van der Waals surface area contributed by atoms with Crippen LogP contribution in [0.15, 0.2) is 72.8 Å². The Morgan fingerprint density at radius 2 is 1.65 bits per heavy atom. The van der Waals surface area contributed by atoms with Gasteiger partial charge in [-0.05, 0) is 87.7 Å². The fourth-order valence-corrected chi connectivity index (χ4v) is 5.38. The number of nitrogens with one attached hydrogen (secondary N) is 3. The van der Waals surface area contributed by atoms with Gasteiger partial charge in [0.2, 0.25) is 0 Å². The summed E-state index contributed by atoms with van der Waals surface area (Å²) in [7, 11) is 1.65. The third-order valence-electron chi connectivity index (χ3n) is 8.24. The molecule has 1 aliphatic heterocycles. The molecule has 3 aromatic carbocycles. The molecule has 11 nitrogen and oxygen atoms in total. The van der Waals surface area contributed by atoms with Crippen LogP contribution in [0.25, 0.3) is 0 Å². The van der Waals surface area contributed by atoms with E-state index in [-0.39, 0.29) is 49.2 Å². The zero-order valence-electron chi connectivity index (χ0n) is 27.9. The van der Waals surface area contributed by atoms with Gasteiger partial charge in [0, 0.05) is 49.7 Å². The summed E-state index contributed by atoms with van der Waals surface area (Å²) >= 11 is 0. The number of hydrogen-bond acceptors (Lipinski definition) is 6. The molecule has 0 bridgehead atoms. The second-order valence-corrected chi connectivity index (χ2v) is 12.3. The second kappa shape index (κ2) is 17.5. The quantitative estimate of drug-likeness (QED) is 0.230. The molecule has 4 rings (SSSR count). The predicted octanol–water partition coefficient (Wildman–Crippen LogP) is 6.43. The monoisotopic (exact) mass is 663 g/mol. The van der Waals surface area contributed by atoms with Crippen LogP contribution in [0.2, 0.25) is 0 Å². The van der Waals surface area contributed by atoms with Gasteiger partial charge in [-0.25, -0.2) is 14.0 Å². The molecule has 0 unspecified atom stereocenters. The van der Waals surface area contributed by atoms with E-state index in [1.165, 1.54) is 29.2 Å². The van der Waals surface area contributed by atoms with Crippen molar-refractivity contribution < 1.29 is 33.4 Å². The highest BCUT2D eigenvalue weighted by Gasteiger charge is 2.31. The number of anilines is 3. The van der Waals surface area contributed by atoms with Gasteiger partial charge in [0.05, 0.1) is 30.4 Å². The molecule has 0 saturated heterocycles. The maximum absolute atomic E-state index is 14.3. The van der Waals surface area contributed by atoms with Crippen LogP contribution in [0.1, 0.15) is 50.4 Å². The number of ether oxygens (including phenoxy) is 2. The van der Waals surface area contributed by atoms with E-state index in [1.54, 1.807) is 49.2 Å². The number of carbonyl (C=O) groups excluding carboxylic acids is 3. The number of para-hydroxylation sites is 1. The molecule has 1 aliphatic rings. The fraction of sp³-hybridized carbons (Fsp3) is 0.417. The summed E-state index contributed by atoms with van der Waals surface area (Å²) in [6.07, 6.45) is 1.65. The number of likely N-dealkylation sites (N-methyl/N-ethyl adjacent to an activating group) is 1. The Morgan fingerprint density at radius 3 is 2.35 bits per heavy atom. The van der Waals surface area contributed by atoms with E-state index in [9.17, 15) is 23.9 Å². The van der Waals surface area contributed by atoms with E-state index in [1.807, 2.05) is 32.0 Å². The van der Waals surface area contributed by atoms with Gasteiger partial charge in [-0.15, -0.1) is 0 Å². The first-order valence-electron chi connectivity index (χ1n) is 16.3. The van der Waals surface area contributed by atoms with E-state index in [4.69, 9.17) is 9.47 Å². The number of benzene rings is 3. The van der Waals surface area contributed by atoms with Crippen molar-refractivity contribution in [2.24, 2.45) is 5.92 Å². The molecule has 0 radical (unpaired) electrons. The minimum atomic E-state index is -0.559. The van der Waals surface area contributed by atoms with Crippen LogP contribution in [0.4, 0.5) is 31.0 Å². The van der Waals surface area contributed by atoms with Gasteiger partial charge in [-0.1, -0.05) is 25.1 Å². The Hall–Kier alpha value is -4.68. The van der Waals surface area contributed by atoms with Gasteiger partial charge in [-0.2, -0.15) is 0 Å². The van der Waals surface area contributed by atoms with Crippen molar-refractivity contribution in [2.45, 2.75) is 58.3 Å². The maximum atomic E-state index is 14.3. The number of aliphatic hydroxyl groups is 1. The molecule has 0 aliphatic carbocycles. The summed E-state index contributed by atoms with van der Waals surface area (Å²) in [5.41, 5.74) is 1.72. The fourth-order valence-electron chi connectivity index (χ4n) is 5.38. The van der Waals surface area contributed by atoms with Crippen LogP contribution in [0.5, 0.6) is 5.75 Å². The number of amides is 5. The number of urea groups is 2. The molecule has 0 aromatic heterocycles. The molecular weight excluding hydrogens is 617 g/mol. The Morgan fingerprint density at radius 1 is 0.979 bits per heavy atom. The van der Waals surface area contributed by atoms with Crippen LogP contribution in [-0.2, 0) is 4.74 Å². The molecule has 0 saturated carbocycles. The minimum absolute atomic E-state index is 0.208. The smallest absolute Gasteiger partial charge is 0.323 e. The predicted molar refractivity (Wildman–Crippen MR) is 184 cm³/mol. The number of aliphatic hydroxyl groups excluding tert-OH is 1. The summed E-state index contributed by atoms with van der Waals surface area (Å²) < 4.78 is 25.9. The van der Waals surface area contributed by atoms with Gasteiger partial charge in [0.15, 0.2) is 0 Å². The molecule has 12 heteroatoms. The molecule has 5 amide bonds. The third kappa shape index (κ3) is 10.4. The molecule has 0 spiro atoms. The molecule has 4 atom stereocenters. The molecule has 3 aromatic rings. The number of halogens is 1.